The third-order valence-corrected chi connectivity index (χ3v) is 7.89. The molecule has 0 aromatic heterocycles. The monoisotopic (exact) mass is 414 g/mol. The van der Waals surface area contributed by atoms with Crippen LogP contribution < -0.4 is 5.32 Å². The van der Waals surface area contributed by atoms with Gasteiger partial charge in [0.05, 0.1) is 10.9 Å². The van der Waals surface area contributed by atoms with Crippen molar-refractivity contribution in [2.45, 2.75) is 51.5 Å². The van der Waals surface area contributed by atoms with Crippen LogP contribution in [-0.2, 0) is 14.8 Å². The van der Waals surface area contributed by atoms with Crippen molar-refractivity contribution >= 4 is 15.9 Å². The van der Waals surface area contributed by atoms with Crippen molar-refractivity contribution in [2.75, 3.05) is 13.1 Å². The Morgan fingerprint density at radius 1 is 1.03 bits per heavy atom. The largest absolute Gasteiger partial charge is 0.349 e. The fourth-order valence-electron chi connectivity index (χ4n) is 4.22. The molecule has 5 nitrogen and oxygen atoms in total. The Balaban J connectivity index is 1.65. The van der Waals surface area contributed by atoms with Gasteiger partial charge in [-0.15, -0.1) is 0 Å². The number of sulfonamides is 1. The first-order valence-electron chi connectivity index (χ1n) is 10.1. The van der Waals surface area contributed by atoms with Crippen molar-refractivity contribution in [3.63, 3.8) is 0 Å². The number of piperidine rings is 1. The molecule has 1 unspecified atom stereocenters. The van der Waals surface area contributed by atoms with Gasteiger partial charge >= 0.3 is 0 Å². The maximum Gasteiger partial charge on any atom is 0.243 e. The molecule has 1 amide bonds. The van der Waals surface area contributed by atoms with E-state index in [9.17, 15) is 13.2 Å². The quantitative estimate of drug-likeness (QED) is 0.807. The first kappa shape index (κ1) is 21.5. The minimum atomic E-state index is -3.55. The molecule has 1 heterocycles. The maximum absolute atomic E-state index is 13.2. The maximum atomic E-state index is 13.2. The summed E-state index contributed by atoms with van der Waals surface area (Å²) in [7, 11) is -3.55. The molecule has 6 heteroatoms. The summed E-state index contributed by atoms with van der Waals surface area (Å²) in [4.78, 5) is 13.1. The molecule has 2 aromatic rings. The van der Waals surface area contributed by atoms with Gasteiger partial charge in [-0.2, -0.15) is 4.31 Å². The van der Waals surface area contributed by atoms with Crippen LogP contribution in [-0.4, -0.2) is 31.7 Å². The van der Waals surface area contributed by atoms with Gasteiger partial charge in [-0.25, -0.2) is 8.42 Å². The number of carbonyl (C=O) groups excluding carboxylic acids is 1. The van der Waals surface area contributed by atoms with Crippen LogP contribution in [0.4, 0.5) is 0 Å². The molecule has 0 radical (unpaired) electrons. The summed E-state index contributed by atoms with van der Waals surface area (Å²) in [6.07, 6.45) is 1.08. The van der Waals surface area contributed by atoms with E-state index in [2.05, 4.69) is 5.32 Å². The van der Waals surface area contributed by atoms with Crippen LogP contribution in [0.2, 0.25) is 0 Å². The zero-order chi connectivity index (χ0) is 21.2. The summed E-state index contributed by atoms with van der Waals surface area (Å²) in [6, 6.07) is 13.6. The molecular weight excluding hydrogens is 384 g/mol. The van der Waals surface area contributed by atoms with Gasteiger partial charge in [0.2, 0.25) is 15.9 Å². The third-order valence-electron chi connectivity index (χ3n) is 5.69. The molecule has 0 spiro atoms. The van der Waals surface area contributed by atoms with E-state index in [1.165, 1.54) is 4.31 Å². The Morgan fingerprint density at radius 3 is 2.14 bits per heavy atom. The van der Waals surface area contributed by atoms with Gasteiger partial charge in [0.25, 0.3) is 0 Å². The van der Waals surface area contributed by atoms with Gasteiger partial charge in [-0.05, 0) is 57.2 Å². The molecule has 1 fully saturated rings. The standard InChI is InChI=1S/C23H30N2O3S/c1-16-14-17(2)22(18(3)15-16)29(27,28)25-12-10-21(11-13-25)23(26)24-19(4)20-8-6-5-7-9-20/h5-9,14-15,19,21H,10-13H2,1-4H3,(H,24,26). The second-order valence-corrected chi connectivity index (χ2v) is 9.92. The summed E-state index contributed by atoms with van der Waals surface area (Å²) in [5.74, 6) is -0.158. The van der Waals surface area contributed by atoms with E-state index in [0.29, 0.717) is 30.8 Å². The summed E-state index contributed by atoms with van der Waals surface area (Å²) in [5, 5.41) is 3.07. The zero-order valence-corrected chi connectivity index (χ0v) is 18.4. The van der Waals surface area contributed by atoms with Crippen molar-refractivity contribution in [1.82, 2.24) is 9.62 Å². The molecule has 1 N–H and O–H groups in total. The van der Waals surface area contributed by atoms with Gasteiger partial charge in [-0.3, -0.25) is 4.79 Å². The number of nitrogens with one attached hydrogen (secondary N) is 1. The highest BCUT2D eigenvalue weighted by atomic mass is 32.2. The Morgan fingerprint density at radius 2 is 1.59 bits per heavy atom. The van der Waals surface area contributed by atoms with E-state index < -0.39 is 10.0 Å². The minimum Gasteiger partial charge on any atom is -0.349 e. The number of nitrogens with zero attached hydrogens (tertiary/aromatic N) is 1. The third kappa shape index (κ3) is 4.70. The molecule has 29 heavy (non-hydrogen) atoms. The van der Waals surface area contributed by atoms with Crippen molar-refractivity contribution in [3.8, 4) is 0 Å². The number of aryl methyl sites for hydroxylation is 3. The number of amides is 1. The van der Waals surface area contributed by atoms with Gasteiger partial charge in [0.15, 0.2) is 0 Å². The van der Waals surface area contributed by atoms with E-state index in [0.717, 1.165) is 22.3 Å². The molecule has 0 aliphatic carbocycles. The van der Waals surface area contributed by atoms with Crippen LogP contribution in [0, 0.1) is 26.7 Å². The molecule has 3 rings (SSSR count). The molecule has 0 saturated carbocycles. The molecular formula is C23H30N2O3S. The van der Waals surface area contributed by atoms with Crippen molar-refractivity contribution in [2.24, 2.45) is 5.92 Å². The first-order chi connectivity index (χ1) is 13.7. The number of carbonyl (C=O) groups is 1. The van der Waals surface area contributed by atoms with E-state index in [1.54, 1.807) is 0 Å². The average Bonchev–Trinajstić information content (AvgIpc) is 2.67. The smallest absolute Gasteiger partial charge is 0.243 e. The SMILES string of the molecule is Cc1cc(C)c(S(=O)(=O)N2CCC(C(=O)NC(C)c3ccccc3)CC2)c(C)c1. The van der Waals surface area contributed by atoms with Gasteiger partial charge < -0.3 is 5.32 Å². The summed E-state index contributed by atoms with van der Waals surface area (Å²) < 4.78 is 27.9. The molecule has 1 aliphatic heterocycles. The van der Waals surface area contributed by atoms with E-state index >= 15 is 0 Å². The highest BCUT2D eigenvalue weighted by Gasteiger charge is 2.34. The number of hydrogen-bond acceptors (Lipinski definition) is 3. The molecule has 1 aliphatic rings. The van der Waals surface area contributed by atoms with E-state index in [1.807, 2.05) is 70.2 Å². The predicted octanol–water partition coefficient (Wildman–Crippen LogP) is 3.89. The summed E-state index contributed by atoms with van der Waals surface area (Å²) >= 11 is 0. The number of benzene rings is 2. The topological polar surface area (TPSA) is 66.5 Å². The van der Waals surface area contributed by atoms with Crippen LogP contribution in [0.3, 0.4) is 0 Å². The lowest BCUT2D eigenvalue weighted by molar-refractivity contribution is -0.126. The first-order valence-corrected chi connectivity index (χ1v) is 11.6. The summed E-state index contributed by atoms with van der Waals surface area (Å²) in [6.45, 7) is 8.36. The lowest BCUT2D eigenvalue weighted by Gasteiger charge is -2.32. The van der Waals surface area contributed by atoms with Crippen molar-refractivity contribution < 1.29 is 13.2 Å². The van der Waals surface area contributed by atoms with E-state index in [4.69, 9.17) is 0 Å². The fourth-order valence-corrected chi connectivity index (χ4v) is 6.10. The zero-order valence-electron chi connectivity index (χ0n) is 17.6. The molecule has 156 valence electrons. The average molecular weight is 415 g/mol. The molecule has 1 atom stereocenters. The Hall–Kier alpha value is -2.18. The van der Waals surface area contributed by atoms with Gasteiger partial charge in [0.1, 0.15) is 0 Å². The Labute approximate surface area is 174 Å². The van der Waals surface area contributed by atoms with Crippen molar-refractivity contribution in [1.29, 1.82) is 0 Å². The fraction of sp³-hybridized carbons (Fsp3) is 0.435. The van der Waals surface area contributed by atoms with Gasteiger partial charge in [-0.1, -0.05) is 48.0 Å². The van der Waals surface area contributed by atoms with Crippen LogP contribution >= 0.6 is 0 Å². The van der Waals surface area contributed by atoms with Crippen molar-refractivity contribution in [3.05, 3.63) is 64.7 Å². The number of hydrogen-bond donors (Lipinski definition) is 1. The van der Waals surface area contributed by atoms with Crippen LogP contribution in [0.25, 0.3) is 0 Å². The molecule has 0 bridgehead atoms. The minimum absolute atomic E-state index is 0.00102. The predicted molar refractivity (Wildman–Crippen MR) is 115 cm³/mol. The Kier molecular flexibility index (Phi) is 6.44. The number of rotatable bonds is 5. The lowest BCUT2D eigenvalue weighted by Crippen LogP contribution is -2.43. The normalized spacial score (nSPS) is 17.1. The van der Waals surface area contributed by atoms with E-state index in [-0.39, 0.29) is 17.9 Å². The summed E-state index contributed by atoms with van der Waals surface area (Å²) in [5.41, 5.74) is 3.67. The van der Waals surface area contributed by atoms with Crippen LogP contribution in [0.15, 0.2) is 47.4 Å². The molecule has 2 aromatic carbocycles. The highest BCUT2D eigenvalue weighted by Crippen LogP contribution is 2.29. The molecule has 1 saturated heterocycles. The Bertz CT molecular complexity index is 955. The van der Waals surface area contributed by atoms with Gasteiger partial charge in [0, 0.05) is 19.0 Å². The second-order valence-electron chi connectivity index (χ2n) is 8.05. The second kappa shape index (κ2) is 8.67. The van der Waals surface area contributed by atoms with Crippen LogP contribution in [0.5, 0.6) is 0 Å². The van der Waals surface area contributed by atoms with Crippen LogP contribution in [0.1, 0.15) is 48.1 Å². The lowest BCUT2D eigenvalue weighted by atomic mass is 9.96. The highest BCUT2D eigenvalue weighted by molar-refractivity contribution is 7.89.